The Kier molecular flexibility index (Phi) is 7.13. The van der Waals surface area contributed by atoms with Crippen LogP contribution in [0.2, 0.25) is 0 Å². The SMILES string of the molecule is CCOC(=O)NC(=O)C(C#N)=CNc1ccc(SC(F)(F)F)cc1. The second kappa shape index (κ2) is 8.83. The Morgan fingerprint density at radius 3 is 2.46 bits per heavy atom. The smallest absolute Gasteiger partial charge is 0.446 e. The molecule has 0 bridgehead atoms. The van der Waals surface area contributed by atoms with Crippen molar-refractivity contribution in [1.29, 1.82) is 5.26 Å². The van der Waals surface area contributed by atoms with E-state index in [2.05, 4.69) is 10.1 Å². The number of anilines is 1. The molecule has 0 aliphatic carbocycles. The van der Waals surface area contributed by atoms with Crippen molar-refractivity contribution < 1.29 is 27.5 Å². The molecule has 1 aromatic rings. The van der Waals surface area contributed by atoms with E-state index in [1.54, 1.807) is 13.0 Å². The molecule has 0 atom stereocenters. The molecule has 1 aromatic carbocycles. The van der Waals surface area contributed by atoms with Gasteiger partial charge in [0.25, 0.3) is 5.91 Å². The maximum Gasteiger partial charge on any atom is 0.446 e. The van der Waals surface area contributed by atoms with Gasteiger partial charge in [-0.15, -0.1) is 0 Å². The van der Waals surface area contributed by atoms with Crippen LogP contribution in [0.5, 0.6) is 0 Å². The number of nitrogens with one attached hydrogen (secondary N) is 2. The summed E-state index contributed by atoms with van der Waals surface area (Å²) in [7, 11) is 0. The zero-order valence-electron chi connectivity index (χ0n) is 12.3. The highest BCUT2D eigenvalue weighted by atomic mass is 32.2. The van der Waals surface area contributed by atoms with E-state index in [-0.39, 0.29) is 23.3 Å². The molecule has 0 unspecified atom stereocenters. The second-order valence-electron chi connectivity index (χ2n) is 4.06. The van der Waals surface area contributed by atoms with Crippen LogP contribution in [0.1, 0.15) is 6.92 Å². The van der Waals surface area contributed by atoms with Crippen LogP contribution < -0.4 is 10.6 Å². The van der Waals surface area contributed by atoms with Gasteiger partial charge >= 0.3 is 11.6 Å². The fourth-order valence-corrected chi connectivity index (χ4v) is 1.92. The number of nitriles is 1. The summed E-state index contributed by atoms with van der Waals surface area (Å²) in [5.41, 5.74) is -4.43. The number of hydrogen-bond acceptors (Lipinski definition) is 6. The Labute approximate surface area is 139 Å². The van der Waals surface area contributed by atoms with Crippen LogP contribution in [0.4, 0.5) is 23.7 Å². The number of imide groups is 1. The molecular formula is C14H12F3N3O3S. The highest BCUT2D eigenvalue weighted by Gasteiger charge is 2.28. The highest BCUT2D eigenvalue weighted by Crippen LogP contribution is 2.36. The Bertz CT molecular complexity index is 667. The van der Waals surface area contributed by atoms with Crippen molar-refractivity contribution in [2.45, 2.75) is 17.3 Å². The van der Waals surface area contributed by atoms with Crippen molar-refractivity contribution in [3.8, 4) is 6.07 Å². The highest BCUT2D eigenvalue weighted by molar-refractivity contribution is 8.00. The molecule has 0 saturated heterocycles. The summed E-state index contributed by atoms with van der Waals surface area (Å²) in [4.78, 5) is 22.7. The van der Waals surface area contributed by atoms with E-state index in [9.17, 15) is 22.8 Å². The number of hydrogen-bond donors (Lipinski definition) is 2. The van der Waals surface area contributed by atoms with E-state index in [4.69, 9.17) is 5.26 Å². The summed E-state index contributed by atoms with van der Waals surface area (Å²) in [6, 6.07) is 6.76. The average molecular weight is 359 g/mol. The molecule has 6 nitrogen and oxygen atoms in total. The number of thioether (sulfide) groups is 1. The number of carbonyl (C=O) groups is 2. The third-order valence-electron chi connectivity index (χ3n) is 2.33. The number of rotatable bonds is 5. The van der Waals surface area contributed by atoms with Crippen LogP contribution >= 0.6 is 11.8 Å². The molecule has 0 fully saturated rings. The van der Waals surface area contributed by atoms with Gasteiger partial charge in [0.2, 0.25) is 0 Å². The van der Waals surface area contributed by atoms with Gasteiger partial charge in [0, 0.05) is 16.8 Å². The van der Waals surface area contributed by atoms with E-state index in [0.717, 1.165) is 6.20 Å². The topological polar surface area (TPSA) is 91.2 Å². The molecule has 10 heteroatoms. The van der Waals surface area contributed by atoms with Gasteiger partial charge in [0.05, 0.1) is 6.61 Å². The average Bonchev–Trinajstić information content (AvgIpc) is 2.48. The lowest BCUT2D eigenvalue weighted by atomic mass is 10.3. The minimum absolute atomic E-state index is 0.00223. The van der Waals surface area contributed by atoms with Gasteiger partial charge in [-0.05, 0) is 43.0 Å². The van der Waals surface area contributed by atoms with Crippen LogP contribution in [-0.2, 0) is 9.53 Å². The van der Waals surface area contributed by atoms with Crippen molar-refractivity contribution >= 4 is 29.4 Å². The third-order valence-corrected chi connectivity index (χ3v) is 3.07. The fraction of sp³-hybridized carbons (Fsp3) is 0.214. The summed E-state index contributed by atoms with van der Waals surface area (Å²) >= 11 is -0.256. The first kappa shape index (κ1) is 19.4. The van der Waals surface area contributed by atoms with Gasteiger partial charge in [-0.25, -0.2) is 4.79 Å². The Morgan fingerprint density at radius 2 is 1.96 bits per heavy atom. The van der Waals surface area contributed by atoms with Crippen LogP contribution in [0.3, 0.4) is 0 Å². The predicted octanol–water partition coefficient (Wildman–Crippen LogP) is 3.39. The van der Waals surface area contributed by atoms with E-state index in [1.165, 1.54) is 24.3 Å². The van der Waals surface area contributed by atoms with Crippen molar-refractivity contribution in [2.75, 3.05) is 11.9 Å². The minimum atomic E-state index is -4.38. The van der Waals surface area contributed by atoms with Gasteiger partial charge < -0.3 is 10.1 Å². The van der Waals surface area contributed by atoms with E-state index < -0.39 is 23.1 Å². The van der Waals surface area contributed by atoms with Crippen LogP contribution in [0.15, 0.2) is 40.9 Å². The molecule has 0 saturated carbocycles. The normalized spacial score (nSPS) is 11.4. The standard InChI is InChI=1S/C14H12F3N3O3S/c1-2-23-13(22)20-12(21)9(7-18)8-19-10-3-5-11(6-4-10)24-14(15,16)17/h3-6,8,19H,2H2,1H3,(H,20,21,22). The Morgan fingerprint density at radius 1 is 1.33 bits per heavy atom. The zero-order valence-corrected chi connectivity index (χ0v) is 13.1. The van der Waals surface area contributed by atoms with Gasteiger partial charge in [0.15, 0.2) is 0 Å². The summed E-state index contributed by atoms with van der Waals surface area (Å²) in [5.74, 6) is -0.965. The number of carbonyl (C=O) groups excluding carboxylic acids is 2. The molecule has 0 heterocycles. The van der Waals surface area contributed by atoms with Crippen LogP contribution in [0.25, 0.3) is 0 Å². The monoisotopic (exact) mass is 359 g/mol. The molecule has 2 N–H and O–H groups in total. The van der Waals surface area contributed by atoms with Gasteiger partial charge in [0.1, 0.15) is 11.6 Å². The Hall–Kier alpha value is -2.67. The zero-order chi connectivity index (χ0) is 18.2. The summed E-state index contributed by atoms with van der Waals surface area (Å²) in [5, 5.41) is 13.3. The number of alkyl halides is 3. The molecule has 0 spiro atoms. The quantitative estimate of drug-likeness (QED) is 0.476. The van der Waals surface area contributed by atoms with Crippen LogP contribution in [-0.4, -0.2) is 24.1 Å². The van der Waals surface area contributed by atoms with Crippen LogP contribution in [0, 0.1) is 11.3 Å². The summed E-state index contributed by atoms with van der Waals surface area (Å²) in [6.07, 6.45) is 0.0395. The molecule has 24 heavy (non-hydrogen) atoms. The number of amides is 2. The molecular weight excluding hydrogens is 347 g/mol. The number of halogens is 3. The van der Waals surface area contributed by atoms with E-state index >= 15 is 0 Å². The predicted molar refractivity (Wildman–Crippen MR) is 80.8 cm³/mol. The summed E-state index contributed by atoms with van der Waals surface area (Å²) < 4.78 is 41.1. The lowest BCUT2D eigenvalue weighted by molar-refractivity contribution is -0.116. The van der Waals surface area contributed by atoms with E-state index in [1.807, 2.05) is 5.32 Å². The lowest BCUT2D eigenvalue weighted by Gasteiger charge is -2.07. The molecule has 128 valence electrons. The first-order valence-electron chi connectivity index (χ1n) is 6.46. The maximum atomic E-state index is 12.2. The van der Waals surface area contributed by atoms with Crippen molar-refractivity contribution in [2.24, 2.45) is 0 Å². The molecule has 0 aliphatic heterocycles. The first-order chi connectivity index (χ1) is 11.2. The van der Waals surface area contributed by atoms with Gasteiger partial charge in [-0.2, -0.15) is 18.4 Å². The van der Waals surface area contributed by atoms with Crippen molar-refractivity contribution in [3.63, 3.8) is 0 Å². The molecule has 2 amide bonds. The Balaban J connectivity index is 2.70. The molecule has 1 rings (SSSR count). The third kappa shape index (κ3) is 7.06. The fourth-order valence-electron chi connectivity index (χ4n) is 1.38. The number of benzene rings is 1. The molecule has 0 radical (unpaired) electrons. The first-order valence-corrected chi connectivity index (χ1v) is 7.27. The van der Waals surface area contributed by atoms with E-state index in [0.29, 0.717) is 5.69 Å². The summed E-state index contributed by atoms with van der Waals surface area (Å²) in [6.45, 7) is 1.61. The number of nitrogens with zero attached hydrogens (tertiary/aromatic N) is 1. The van der Waals surface area contributed by atoms with Crippen molar-refractivity contribution in [3.05, 3.63) is 36.0 Å². The second-order valence-corrected chi connectivity index (χ2v) is 5.20. The lowest BCUT2D eigenvalue weighted by Crippen LogP contribution is -2.32. The van der Waals surface area contributed by atoms with Crippen molar-refractivity contribution in [1.82, 2.24) is 5.32 Å². The van der Waals surface area contributed by atoms with Gasteiger partial charge in [-0.3, -0.25) is 10.1 Å². The maximum absolute atomic E-state index is 12.2. The molecule has 0 aliphatic rings. The number of ether oxygens (including phenoxy) is 1. The molecule has 0 aromatic heterocycles. The largest absolute Gasteiger partial charge is 0.450 e. The van der Waals surface area contributed by atoms with Gasteiger partial charge in [-0.1, -0.05) is 0 Å². The minimum Gasteiger partial charge on any atom is -0.450 e. The number of alkyl carbamates (subject to hydrolysis) is 1.